The minimum absolute atomic E-state index is 0.362. The van der Waals surface area contributed by atoms with Crippen LogP contribution in [-0.4, -0.2) is 16.8 Å². The summed E-state index contributed by atoms with van der Waals surface area (Å²) in [6.07, 6.45) is 0.990. The van der Waals surface area contributed by atoms with E-state index in [1.165, 1.54) is 17.3 Å². The Morgan fingerprint density at radius 1 is 1.57 bits per heavy atom. The van der Waals surface area contributed by atoms with E-state index in [4.69, 9.17) is 5.11 Å². The number of aryl methyl sites for hydroxylation is 2. The van der Waals surface area contributed by atoms with E-state index < -0.39 is 5.97 Å². The molecule has 1 aliphatic heterocycles. The topological polar surface area (TPSA) is 37.3 Å². The van der Waals surface area contributed by atoms with Crippen molar-refractivity contribution in [2.75, 3.05) is 5.75 Å². The van der Waals surface area contributed by atoms with Crippen molar-refractivity contribution in [2.45, 2.75) is 18.6 Å². The van der Waals surface area contributed by atoms with E-state index in [1.54, 1.807) is 0 Å². The second-order valence-corrected chi connectivity index (χ2v) is 4.75. The number of hydrogen-bond acceptors (Lipinski definition) is 2. The predicted octanol–water partition coefficient (Wildman–Crippen LogP) is 2.41. The van der Waals surface area contributed by atoms with E-state index in [0.29, 0.717) is 0 Å². The number of carboxylic acid groups (broad SMARTS) is 1. The number of benzene rings is 1. The van der Waals surface area contributed by atoms with Crippen molar-refractivity contribution in [3.05, 3.63) is 34.9 Å². The molecule has 0 spiro atoms. The lowest BCUT2D eigenvalue weighted by Crippen LogP contribution is -2.16. The molecule has 0 aliphatic carbocycles. The number of hydrogen-bond donors (Lipinski definition) is 1. The van der Waals surface area contributed by atoms with Gasteiger partial charge in [-0.2, -0.15) is 0 Å². The average molecular weight is 208 g/mol. The van der Waals surface area contributed by atoms with Crippen LogP contribution in [0, 0.1) is 6.92 Å². The number of carbonyl (C=O) groups is 1. The van der Waals surface area contributed by atoms with Gasteiger partial charge >= 0.3 is 5.97 Å². The summed E-state index contributed by atoms with van der Waals surface area (Å²) >= 11 is 1.52. The van der Waals surface area contributed by atoms with Crippen molar-refractivity contribution in [3.8, 4) is 0 Å². The van der Waals surface area contributed by atoms with Gasteiger partial charge in [0.15, 0.2) is 0 Å². The zero-order chi connectivity index (χ0) is 10.1. The molecule has 0 saturated heterocycles. The second-order valence-electron chi connectivity index (χ2n) is 3.54. The van der Waals surface area contributed by atoms with Gasteiger partial charge in [-0.15, -0.1) is 11.8 Å². The van der Waals surface area contributed by atoms with Gasteiger partial charge in [-0.1, -0.05) is 23.8 Å². The van der Waals surface area contributed by atoms with Crippen LogP contribution in [-0.2, 0) is 11.2 Å². The Morgan fingerprint density at radius 2 is 2.36 bits per heavy atom. The first kappa shape index (κ1) is 9.59. The van der Waals surface area contributed by atoms with Gasteiger partial charge in [-0.3, -0.25) is 4.79 Å². The van der Waals surface area contributed by atoms with Gasteiger partial charge in [0.25, 0.3) is 0 Å². The fourth-order valence-electron chi connectivity index (χ4n) is 1.77. The molecule has 1 unspecified atom stereocenters. The maximum Gasteiger partial charge on any atom is 0.321 e. The third kappa shape index (κ3) is 1.64. The number of aliphatic carboxylic acids is 1. The molecule has 0 bridgehead atoms. The molecular weight excluding hydrogens is 196 g/mol. The first-order chi connectivity index (χ1) is 6.68. The zero-order valence-electron chi connectivity index (χ0n) is 7.99. The van der Waals surface area contributed by atoms with Crippen LogP contribution >= 0.6 is 11.8 Å². The monoisotopic (exact) mass is 208 g/mol. The molecule has 0 radical (unpaired) electrons. The summed E-state index contributed by atoms with van der Waals surface area (Å²) in [7, 11) is 0. The standard InChI is InChI=1S/C11H12O2S/c1-7-2-3-8-4-5-14-10(11(12)13)9(8)6-7/h2-3,6,10H,4-5H2,1H3,(H,12,13). The van der Waals surface area contributed by atoms with Gasteiger partial charge in [-0.05, 0) is 30.2 Å². The third-order valence-corrected chi connectivity index (χ3v) is 3.69. The SMILES string of the molecule is Cc1ccc2c(c1)C(C(=O)O)SCC2. The van der Waals surface area contributed by atoms with Gasteiger partial charge < -0.3 is 5.11 Å². The molecule has 1 aromatic rings. The van der Waals surface area contributed by atoms with Crippen molar-refractivity contribution in [3.63, 3.8) is 0 Å². The molecule has 1 aromatic carbocycles. The van der Waals surface area contributed by atoms with Gasteiger partial charge in [0, 0.05) is 0 Å². The molecular formula is C11H12O2S. The molecule has 0 aromatic heterocycles. The van der Waals surface area contributed by atoms with Crippen molar-refractivity contribution >= 4 is 17.7 Å². The molecule has 1 heterocycles. The number of rotatable bonds is 1. The molecule has 1 aliphatic rings. The second kappa shape index (κ2) is 3.65. The Kier molecular flexibility index (Phi) is 2.50. The highest BCUT2D eigenvalue weighted by atomic mass is 32.2. The van der Waals surface area contributed by atoms with E-state index >= 15 is 0 Å². The zero-order valence-corrected chi connectivity index (χ0v) is 8.80. The van der Waals surface area contributed by atoms with Crippen molar-refractivity contribution in [2.24, 2.45) is 0 Å². The highest BCUT2D eigenvalue weighted by Gasteiger charge is 2.26. The molecule has 2 nitrogen and oxygen atoms in total. The first-order valence-corrected chi connectivity index (χ1v) is 5.67. The average Bonchev–Trinajstić information content (AvgIpc) is 2.16. The van der Waals surface area contributed by atoms with Crippen LogP contribution in [0.2, 0.25) is 0 Å². The van der Waals surface area contributed by atoms with E-state index in [0.717, 1.165) is 23.3 Å². The van der Waals surface area contributed by atoms with E-state index in [2.05, 4.69) is 6.07 Å². The fraction of sp³-hybridized carbons (Fsp3) is 0.364. The molecule has 0 saturated carbocycles. The van der Waals surface area contributed by atoms with Crippen LogP contribution < -0.4 is 0 Å². The van der Waals surface area contributed by atoms with Gasteiger partial charge in [0.2, 0.25) is 0 Å². The van der Waals surface area contributed by atoms with Crippen LogP contribution in [0.3, 0.4) is 0 Å². The van der Waals surface area contributed by atoms with Crippen molar-refractivity contribution in [1.82, 2.24) is 0 Å². The Balaban J connectivity index is 2.46. The summed E-state index contributed by atoms with van der Waals surface area (Å²) in [6, 6.07) is 6.11. The quantitative estimate of drug-likeness (QED) is 0.770. The normalized spacial score (nSPS) is 20.2. The Bertz CT molecular complexity index is 374. The highest BCUT2D eigenvalue weighted by Crippen LogP contribution is 2.37. The molecule has 0 fully saturated rings. The summed E-state index contributed by atoms with van der Waals surface area (Å²) in [5.41, 5.74) is 3.33. The van der Waals surface area contributed by atoms with Crippen molar-refractivity contribution in [1.29, 1.82) is 0 Å². The lowest BCUT2D eigenvalue weighted by atomic mass is 9.99. The van der Waals surface area contributed by atoms with Crippen LogP contribution in [0.25, 0.3) is 0 Å². The Morgan fingerprint density at radius 3 is 3.07 bits per heavy atom. The molecule has 1 N–H and O–H groups in total. The molecule has 2 rings (SSSR count). The Labute approximate surface area is 87.3 Å². The lowest BCUT2D eigenvalue weighted by Gasteiger charge is -2.22. The largest absolute Gasteiger partial charge is 0.480 e. The lowest BCUT2D eigenvalue weighted by molar-refractivity contribution is -0.136. The number of thioether (sulfide) groups is 1. The Hall–Kier alpha value is -0.960. The number of fused-ring (bicyclic) bond motifs is 1. The molecule has 1 atom stereocenters. The molecule has 3 heteroatoms. The van der Waals surface area contributed by atoms with Gasteiger partial charge in [0.1, 0.15) is 5.25 Å². The first-order valence-electron chi connectivity index (χ1n) is 4.62. The van der Waals surface area contributed by atoms with Gasteiger partial charge in [-0.25, -0.2) is 0 Å². The van der Waals surface area contributed by atoms with E-state index in [-0.39, 0.29) is 5.25 Å². The summed E-state index contributed by atoms with van der Waals surface area (Å²) < 4.78 is 0. The number of carboxylic acids is 1. The molecule has 74 valence electrons. The minimum atomic E-state index is -0.721. The summed E-state index contributed by atoms with van der Waals surface area (Å²) in [5, 5.41) is 8.69. The highest BCUT2D eigenvalue weighted by molar-refractivity contribution is 8.00. The minimum Gasteiger partial charge on any atom is -0.480 e. The smallest absolute Gasteiger partial charge is 0.321 e. The summed E-state index contributed by atoms with van der Waals surface area (Å²) in [5.74, 6) is 0.189. The maximum atomic E-state index is 11.0. The third-order valence-electron chi connectivity index (χ3n) is 2.46. The van der Waals surface area contributed by atoms with Crippen LogP contribution in [0.4, 0.5) is 0 Å². The summed E-state index contributed by atoms with van der Waals surface area (Å²) in [6.45, 7) is 2.00. The maximum absolute atomic E-state index is 11.0. The predicted molar refractivity (Wildman–Crippen MR) is 57.7 cm³/mol. The van der Waals surface area contributed by atoms with Crippen LogP contribution in [0.1, 0.15) is 21.9 Å². The fourth-order valence-corrected chi connectivity index (χ4v) is 2.88. The van der Waals surface area contributed by atoms with E-state index in [1.807, 2.05) is 19.1 Å². The molecule has 14 heavy (non-hydrogen) atoms. The summed E-state index contributed by atoms with van der Waals surface area (Å²) in [4.78, 5) is 11.0. The van der Waals surface area contributed by atoms with Crippen LogP contribution in [0.15, 0.2) is 18.2 Å². The van der Waals surface area contributed by atoms with Crippen LogP contribution in [0.5, 0.6) is 0 Å². The van der Waals surface area contributed by atoms with Gasteiger partial charge in [0.05, 0.1) is 0 Å². The van der Waals surface area contributed by atoms with E-state index in [9.17, 15) is 4.79 Å². The molecule has 0 amide bonds. The van der Waals surface area contributed by atoms with Crippen molar-refractivity contribution < 1.29 is 9.90 Å².